The Hall–Kier alpha value is -0.750. The summed E-state index contributed by atoms with van der Waals surface area (Å²) in [5.74, 6) is -6.84. The molecule has 0 bridgehead atoms. The maximum atomic E-state index is 12.2. The monoisotopic (exact) mass is 250 g/mol. The molecule has 0 fully saturated rings. The van der Waals surface area contributed by atoms with E-state index in [-0.39, 0.29) is 12.8 Å². The van der Waals surface area contributed by atoms with Gasteiger partial charge in [0.1, 0.15) is 0 Å². The Morgan fingerprint density at radius 2 is 1.25 bits per heavy atom. The van der Waals surface area contributed by atoms with Gasteiger partial charge >= 0.3 is 12.4 Å². The van der Waals surface area contributed by atoms with E-state index in [4.69, 9.17) is 0 Å². The van der Waals surface area contributed by atoms with Crippen LogP contribution in [-0.2, 0) is 4.79 Å². The summed E-state index contributed by atoms with van der Waals surface area (Å²) in [6, 6.07) is 0. The fraction of sp³-hybridized carbons (Fsp3) is 0.889. The zero-order chi connectivity index (χ0) is 13.1. The van der Waals surface area contributed by atoms with Crippen LogP contribution in [0.15, 0.2) is 0 Å². The lowest BCUT2D eigenvalue weighted by Gasteiger charge is -2.24. The van der Waals surface area contributed by atoms with Gasteiger partial charge in [-0.3, -0.25) is 4.79 Å². The molecule has 0 saturated carbocycles. The predicted molar refractivity (Wildman–Crippen MR) is 44.7 cm³/mol. The smallest absolute Gasteiger partial charge is 0.298 e. The minimum absolute atomic E-state index is 0.0298. The van der Waals surface area contributed by atoms with Crippen molar-refractivity contribution in [1.29, 1.82) is 0 Å². The average molecular weight is 250 g/mol. The molecule has 0 aromatic rings. The molecule has 0 radical (unpaired) electrons. The Morgan fingerprint density at radius 1 is 0.938 bits per heavy atom. The minimum Gasteiger partial charge on any atom is -0.298 e. The third kappa shape index (κ3) is 3.68. The van der Waals surface area contributed by atoms with E-state index in [2.05, 4.69) is 0 Å². The van der Waals surface area contributed by atoms with Crippen molar-refractivity contribution in [2.75, 3.05) is 0 Å². The molecule has 0 rings (SSSR count). The molecule has 0 aliphatic carbocycles. The molecule has 0 aliphatic rings. The first kappa shape index (κ1) is 15.2. The van der Waals surface area contributed by atoms with E-state index in [0.717, 1.165) is 0 Å². The van der Waals surface area contributed by atoms with Crippen LogP contribution in [0.4, 0.5) is 26.3 Å². The van der Waals surface area contributed by atoms with Crippen LogP contribution in [0.1, 0.15) is 26.7 Å². The lowest BCUT2D eigenvalue weighted by atomic mass is 9.88. The Balaban J connectivity index is 5.15. The number of carbonyl (C=O) groups is 1. The third-order valence-corrected chi connectivity index (χ3v) is 2.33. The predicted octanol–water partition coefficient (Wildman–Crippen LogP) is 3.73. The average Bonchev–Trinajstić information content (AvgIpc) is 2.00. The van der Waals surface area contributed by atoms with E-state index in [1.165, 1.54) is 13.8 Å². The topological polar surface area (TPSA) is 17.1 Å². The number of ketones is 1. The van der Waals surface area contributed by atoms with Crippen LogP contribution in [0.2, 0.25) is 0 Å². The molecule has 0 heterocycles. The normalized spacial score (nSPS) is 13.6. The van der Waals surface area contributed by atoms with E-state index in [0.29, 0.717) is 0 Å². The van der Waals surface area contributed by atoms with Gasteiger partial charge < -0.3 is 0 Å². The van der Waals surface area contributed by atoms with Gasteiger partial charge in [-0.25, -0.2) is 0 Å². The van der Waals surface area contributed by atoms with Gasteiger partial charge in [0, 0.05) is 5.92 Å². The van der Waals surface area contributed by atoms with Crippen LogP contribution in [-0.4, -0.2) is 18.1 Å². The van der Waals surface area contributed by atoms with Crippen molar-refractivity contribution in [3.8, 4) is 0 Å². The lowest BCUT2D eigenvalue weighted by Crippen LogP contribution is -2.44. The first-order valence-electron chi connectivity index (χ1n) is 4.72. The van der Waals surface area contributed by atoms with Gasteiger partial charge in [-0.05, 0) is 12.8 Å². The first-order valence-corrected chi connectivity index (χ1v) is 4.72. The fourth-order valence-corrected chi connectivity index (χ4v) is 1.43. The zero-order valence-electron chi connectivity index (χ0n) is 8.74. The summed E-state index contributed by atoms with van der Waals surface area (Å²) in [5.41, 5.74) is 0. The number of carbonyl (C=O) groups excluding carboxylic acids is 1. The van der Waals surface area contributed by atoms with E-state index < -0.39 is 30.0 Å². The van der Waals surface area contributed by atoms with Crippen molar-refractivity contribution in [2.24, 2.45) is 11.8 Å². The van der Waals surface area contributed by atoms with Gasteiger partial charge in [-0.2, -0.15) is 26.3 Å². The van der Waals surface area contributed by atoms with Crippen LogP contribution in [0, 0.1) is 11.8 Å². The van der Waals surface area contributed by atoms with Crippen LogP contribution < -0.4 is 0 Å². The molecule has 0 atom stereocenters. The van der Waals surface area contributed by atoms with Crippen molar-refractivity contribution in [1.82, 2.24) is 0 Å². The molecule has 0 spiro atoms. The second kappa shape index (κ2) is 5.05. The van der Waals surface area contributed by atoms with Gasteiger partial charge in [-0.15, -0.1) is 0 Å². The Labute approximate surface area is 88.8 Å². The van der Waals surface area contributed by atoms with Crippen molar-refractivity contribution in [3.63, 3.8) is 0 Å². The van der Waals surface area contributed by atoms with Gasteiger partial charge in [0.2, 0.25) is 5.92 Å². The first-order chi connectivity index (χ1) is 7.05. The van der Waals surface area contributed by atoms with Gasteiger partial charge in [0.25, 0.3) is 0 Å². The third-order valence-electron chi connectivity index (χ3n) is 2.33. The molecule has 0 unspecified atom stereocenters. The van der Waals surface area contributed by atoms with E-state index in [1.807, 2.05) is 0 Å². The molecule has 16 heavy (non-hydrogen) atoms. The number of hydrogen-bond donors (Lipinski definition) is 0. The second-order valence-corrected chi connectivity index (χ2v) is 3.43. The lowest BCUT2D eigenvalue weighted by molar-refractivity contribution is -0.274. The highest BCUT2D eigenvalue weighted by Crippen LogP contribution is 2.41. The molecule has 7 heteroatoms. The summed E-state index contributed by atoms with van der Waals surface area (Å²) in [7, 11) is 0. The molecule has 0 aliphatic heterocycles. The molecule has 0 amide bonds. The summed E-state index contributed by atoms with van der Waals surface area (Å²) in [5, 5.41) is 0. The molecular weight excluding hydrogens is 238 g/mol. The highest BCUT2D eigenvalue weighted by Gasteiger charge is 2.61. The van der Waals surface area contributed by atoms with Crippen molar-refractivity contribution in [3.05, 3.63) is 0 Å². The number of hydrogen-bond acceptors (Lipinski definition) is 1. The molecule has 0 aromatic carbocycles. The summed E-state index contributed by atoms with van der Waals surface area (Å²) >= 11 is 0. The van der Waals surface area contributed by atoms with Crippen LogP contribution in [0.3, 0.4) is 0 Å². The van der Waals surface area contributed by atoms with Gasteiger partial charge in [0.15, 0.2) is 5.78 Å². The standard InChI is InChI=1S/C9H12F6O/c1-3-5(4-2)6(16)7(8(10,11)12)9(13,14)15/h5,7H,3-4H2,1-2H3. The summed E-state index contributed by atoms with van der Waals surface area (Å²) < 4.78 is 73.0. The number of alkyl halides is 6. The van der Waals surface area contributed by atoms with E-state index in [9.17, 15) is 31.1 Å². The Bertz CT molecular complexity index is 223. The van der Waals surface area contributed by atoms with Crippen molar-refractivity contribution < 1.29 is 31.1 Å². The molecule has 0 N–H and O–H groups in total. The van der Waals surface area contributed by atoms with Gasteiger partial charge in [0.05, 0.1) is 0 Å². The largest absolute Gasteiger partial charge is 0.407 e. The number of rotatable bonds is 4. The SMILES string of the molecule is CCC(CC)C(=O)C(C(F)(F)F)C(F)(F)F. The zero-order valence-corrected chi connectivity index (χ0v) is 8.74. The second-order valence-electron chi connectivity index (χ2n) is 3.43. The highest BCUT2D eigenvalue weighted by molar-refractivity contribution is 5.84. The number of Topliss-reactive ketones (excluding diaryl/α,β-unsaturated/α-hetero) is 1. The molecule has 1 nitrogen and oxygen atoms in total. The van der Waals surface area contributed by atoms with Crippen molar-refractivity contribution in [2.45, 2.75) is 39.0 Å². The van der Waals surface area contributed by atoms with Gasteiger partial charge in [-0.1, -0.05) is 13.8 Å². The summed E-state index contributed by atoms with van der Waals surface area (Å²) in [6.45, 7) is 2.77. The fourth-order valence-electron chi connectivity index (χ4n) is 1.43. The minimum atomic E-state index is -5.57. The number of halogens is 6. The van der Waals surface area contributed by atoms with Crippen LogP contribution >= 0.6 is 0 Å². The quantitative estimate of drug-likeness (QED) is 0.695. The Morgan fingerprint density at radius 3 is 1.44 bits per heavy atom. The van der Waals surface area contributed by atoms with Crippen molar-refractivity contribution >= 4 is 5.78 Å². The molecule has 96 valence electrons. The van der Waals surface area contributed by atoms with Crippen LogP contribution in [0.25, 0.3) is 0 Å². The maximum absolute atomic E-state index is 12.2. The highest BCUT2D eigenvalue weighted by atomic mass is 19.4. The van der Waals surface area contributed by atoms with E-state index in [1.54, 1.807) is 0 Å². The molecular formula is C9H12F6O. The van der Waals surface area contributed by atoms with E-state index >= 15 is 0 Å². The Kier molecular flexibility index (Phi) is 4.82. The molecule has 0 saturated heterocycles. The molecule has 0 aromatic heterocycles. The van der Waals surface area contributed by atoms with Crippen LogP contribution in [0.5, 0.6) is 0 Å². The maximum Gasteiger partial charge on any atom is 0.407 e. The summed E-state index contributed by atoms with van der Waals surface area (Å²) in [4.78, 5) is 11.2. The summed E-state index contributed by atoms with van der Waals surface area (Å²) in [6.07, 6.45) is -11.2.